The SMILES string of the molecule is O=c1cc(NC(CO)(CO)CO)nc[nH]1. The molecule has 0 aliphatic carbocycles. The zero-order valence-corrected chi connectivity index (χ0v) is 7.97. The third-order valence-corrected chi connectivity index (χ3v) is 1.98. The van der Waals surface area contributed by atoms with E-state index < -0.39 is 25.4 Å². The van der Waals surface area contributed by atoms with Crippen molar-refractivity contribution in [3.8, 4) is 0 Å². The average molecular weight is 215 g/mol. The van der Waals surface area contributed by atoms with Crippen molar-refractivity contribution in [2.24, 2.45) is 0 Å². The minimum atomic E-state index is -1.28. The van der Waals surface area contributed by atoms with Crippen molar-refractivity contribution in [1.82, 2.24) is 9.97 Å². The number of aromatic amines is 1. The molecule has 1 heterocycles. The number of nitrogens with zero attached hydrogens (tertiary/aromatic N) is 1. The van der Waals surface area contributed by atoms with Crippen LogP contribution in [0.3, 0.4) is 0 Å². The summed E-state index contributed by atoms with van der Waals surface area (Å²) in [5, 5.41) is 29.6. The molecule has 0 saturated heterocycles. The molecule has 0 aliphatic heterocycles. The fourth-order valence-corrected chi connectivity index (χ4v) is 0.977. The Bertz CT molecular complexity index is 353. The molecule has 0 radical (unpaired) electrons. The van der Waals surface area contributed by atoms with Gasteiger partial charge in [-0.2, -0.15) is 0 Å². The second-order valence-corrected chi connectivity index (χ2v) is 3.18. The van der Waals surface area contributed by atoms with Crippen LogP contribution in [0.2, 0.25) is 0 Å². The van der Waals surface area contributed by atoms with Crippen LogP contribution in [0.15, 0.2) is 17.2 Å². The quantitative estimate of drug-likeness (QED) is 0.384. The third kappa shape index (κ3) is 2.75. The van der Waals surface area contributed by atoms with Gasteiger partial charge in [-0.05, 0) is 0 Å². The Balaban J connectivity index is 2.87. The second kappa shape index (κ2) is 4.87. The Morgan fingerprint density at radius 1 is 1.33 bits per heavy atom. The monoisotopic (exact) mass is 215 g/mol. The Kier molecular flexibility index (Phi) is 3.78. The van der Waals surface area contributed by atoms with Gasteiger partial charge in [-0.3, -0.25) is 4.79 Å². The number of aromatic nitrogens is 2. The van der Waals surface area contributed by atoms with Gasteiger partial charge in [0.1, 0.15) is 11.4 Å². The van der Waals surface area contributed by atoms with Crippen molar-refractivity contribution < 1.29 is 15.3 Å². The van der Waals surface area contributed by atoms with Gasteiger partial charge in [-0.15, -0.1) is 0 Å². The number of anilines is 1. The minimum Gasteiger partial charge on any atom is -0.394 e. The first-order valence-corrected chi connectivity index (χ1v) is 4.31. The molecule has 0 saturated carbocycles. The van der Waals surface area contributed by atoms with E-state index in [1.807, 2.05) is 0 Å². The van der Waals surface area contributed by atoms with E-state index in [9.17, 15) is 4.79 Å². The lowest BCUT2D eigenvalue weighted by Gasteiger charge is -2.28. The topological polar surface area (TPSA) is 118 Å². The fourth-order valence-electron chi connectivity index (χ4n) is 0.977. The van der Waals surface area contributed by atoms with Gasteiger partial charge in [0, 0.05) is 6.07 Å². The van der Waals surface area contributed by atoms with Crippen molar-refractivity contribution in [2.45, 2.75) is 5.54 Å². The van der Waals surface area contributed by atoms with Gasteiger partial charge >= 0.3 is 0 Å². The standard InChI is InChI=1S/C8H13N3O4/c12-2-8(3-13,4-14)11-6-1-7(15)10-5-9-6/h1,5,12-14H,2-4H2,(H2,9,10,11,15). The normalized spacial score (nSPS) is 11.4. The molecule has 1 aromatic rings. The van der Waals surface area contributed by atoms with Gasteiger partial charge in [-0.1, -0.05) is 0 Å². The lowest BCUT2D eigenvalue weighted by molar-refractivity contribution is 0.0831. The molecular formula is C8H13N3O4. The minimum absolute atomic E-state index is 0.177. The summed E-state index contributed by atoms with van der Waals surface area (Å²) in [6.07, 6.45) is 1.18. The van der Waals surface area contributed by atoms with Gasteiger partial charge in [-0.25, -0.2) is 4.98 Å². The maximum Gasteiger partial charge on any atom is 0.252 e. The van der Waals surface area contributed by atoms with E-state index in [4.69, 9.17) is 15.3 Å². The van der Waals surface area contributed by atoms with E-state index in [-0.39, 0.29) is 11.4 Å². The van der Waals surface area contributed by atoms with Crippen LogP contribution in [0.4, 0.5) is 5.82 Å². The fraction of sp³-hybridized carbons (Fsp3) is 0.500. The molecule has 84 valence electrons. The zero-order chi connectivity index (χ0) is 11.3. The van der Waals surface area contributed by atoms with Crippen molar-refractivity contribution in [2.75, 3.05) is 25.1 Å². The van der Waals surface area contributed by atoms with Gasteiger partial charge in [0.15, 0.2) is 0 Å². The number of hydrogen-bond donors (Lipinski definition) is 5. The number of nitrogens with one attached hydrogen (secondary N) is 2. The van der Waals surface area contributed by atoms with Gasteiger partial charge < -0.3 is 25.6 Å². The smallest absolute Gasteiger partial charge is 0.252 e. The lowest BCUT2D eigenvalue weighted by atomic mass is 10.0. The van der Waals surface area contributed by atoms with E-state index in [2.05, 4.69) is 15.3 Å². The molecule has 0 spiro atoms. The summed E-state index contributed by atoms with van der Waals surface area (Å²) < 4.78 is 0. The van der Waals surface area contributed by atoms with Crippen LogP contribution in [-0.4, -0.2) is 50.6 Å². The lowest BCUT2D eigenvalue weighted by Crippen LogP contribution is -2.49. The zero-order valence-electron chi connectivity index (χ0n) is 7.97. The largest absolute Gasteiger partial charge is 0.394 e. The molecule has 5 N–H and O–H groups in total. The number of aliphatic hydroxyl groups is 3. The van der Waals surface area contributed by atoms with Crippen molar-refractivity contribution in [3.63, 3.8) is 0 Å². The Morgan fingerprint density at radius 2 is 1.93 bits per heavy atom. The van der Waals surface area contributed by atoms with E-state index >= 15 is 0 Å². The molecule has 0 fully saturated rings. The Labute approximate surface area is 85.4 Å². The van der Waals surface area contributed by atoms with E-state index in [1.54, 1.807) is 0 Å². The van der Waals surface area contributed by atoms with Crippen LogP contribution in [0, 0.1) is 0 Å². The van der Waals surface area contributed by atoms with E-state index in [0.29, 0.717) is 0 Å². The molecule has 0 atom stereocenters. The molecule has 7 nitrogen and oxygen atoms in total. The number of hydrogen-bond acceptors (Lipinski definition) is 6. The van der Waals surface area contributed by atoms with Gasteiger partial charge in [0.05, 0.1) is 26.1 Å². The number of aliphatic hydroxyl groups excluding tert-OH is 3. The molecular weight excluding hydrogens is 202 g/mol. The van der Waals surface area contributed by atoms with Gasteiger partial charge in [0.25, 0.3) is 5.56 Å². The maximum absolute atomic E-state index is 10.9. The molecule has 15 heavy (non-hydrogen) atoms. The molecule has 0 unspecified atom stereocenters. The predicted octanol–water partition coefficient (Wildman–Crippen LogP) is -2.10. The van der Waals surface area contributed by atoms with Crippen LogP contribution < -0.4 is 10.9 Å². The summed E-state index contributed by atoms with van der Waals surface area (Å²) in [5.41, 5.74) is -1.64. The van der Waals surface area contributed by atoms with Crippen molar-refractivity contribution in [3.05, 3.63) is 22.7 Å². The maximum atomic E-state index is 10.9. The van der Waals surface area contributed by atoms with Crippen LogP contribution in [0.1, 0.15) is 0 Å². The first-order valence-electron chi connectivity index (χ1n) is 4.31. The highest BCUT2D eigenvalue weighted by atomic mass is 16.3. The number of rotatable bonds is 5. The first kappa shape index (κ1) is 11.6. The number of H-pyrrole nitrogens is 1. The Hall–Kier alpha value is -1.44. The van der Waals surface area contributed by atoms with Gasteiger partial charge in [0.2, 0.25) is 0 Å². The molecule has 0 amide bonds. The summed E-state index contributed by atoms with van der Waals surface area (Å²) in [6.45, 7) is -1.43. The molecule has 0 bridgehead atoms. The van der Waals surface area contributed by atoms with Crippen LogP contribution in [-0.2, 0) is 0 Å². The molecule has 1 aromatic heterocycles. The molecule has 0 aliphatic rings. The molecule has 0 aromatic carbocycles. The summed E-state index contributed by atoms with van der Waals surface area (Å²) in [6, 6.07) is 1.16. The van der Waals surface area contributed by atoms with E-state index in [1.165, 1.54) is 6.33 Å². The van der Waals surface area contributed by atoms with Crippen molar-refractivity contribution >= 4 is 5.82 Å². The van der Waals surface area contributed by atoms with Crippen LogP contribution in [0.5, 0.6) is 0 Å². The summed E-state index contributed by atoms with van der Waals surface area (Å²) >= 11 is 0. The third-order valence-electron chi connectivity index (χ3n) is 1.98. The molecule has 7 heteroatoms. The average Bonchev–Trinajstić information content (AvgIpc) is 2.26. The predicted molar refractivity (Wildman–Crippen MR) is 52.5 cm³/mol. The highest BCUT2D eigenvalue weighted by Crippen LogP contribution is 2.09. The van der Waals surface area contributed by atoms with Crippen molar-refractivity contribution in [1.29, 1.82) is 0 Å². The summed E-state index contributed by atoms with van der Waals surface area (Å²) in [5.74, 6) is 0.177. The summed E-state index contributed by atoms with van der Waals surface area (Å²) in [4.78, 5) is 17.0. The van der Waals surface area contributed by atoms with Crippen LogP contribution in [0.25, 0.3) is 0 Å². The first-order chi connectivity index (χ1) is 7.15. The van der Waals surface area contributed by atoms with E-state index in [0.717, 1.165) is 6.07 Å². The second-order valence-electron chi connectivity index (χ2n) is 3.18. The molecule has 1 rings (SSSR count). The van der Waals surface area contributed by atoms with Crippen LogP contribution >= 0.6 is 0 Å². The highest BCUT2D eigenvalue weighted by Gasteiger charge is 2.28. The Morgan fingerprint density at radius 3 is 2.40 bits per heavy atom. The summed E-state index contributed by atoms with van der Waals surface area (Å²) in [7, 11) is 0. The highest BCUT2D eigenvalue weighted by molar-refractivity contribution is 5.36.